The zero-order chi connectivity index (χ0) is 10.8. The molecule has 0 saturated heterocycles. The van der Waals surface area contributed by atoms with Gasteiger partial charge in [0.1, 0.15) is 5.75 Å². The quantitative estimate of drug-likeness (QED) is 0.743. The zero-order valence-electron chi connectivity index (χ0n) is 8.03. The molecule has 1 aliphatic rings. The molecule has 0 aliphatic carbocycles. The number of carboxylic acids is 1. The van der Waals surface area contributed by atoms with Gasteiger partial charge < -0.3 is 9.84 Å². The maximum Gasteiger partial charge on any atom is 0.372 e. The summed E-state index contributed by atoms with van der Waals surface area (Å²) in [4.78, 5) is 21.3. The fourth-order valence-electron chi connectivity index (χ4n) is 1.61. The second-order valence-electron chi connectivity index (χ2n) is 3.45. The number of ether oxygens (including phenoxy) is 1. The zero-order valence-corrected chi connectivity index (χ0v) is 8.03. The standard InChI is InChI=1S/C11H10O4/c12-9(11(13)14)6-7-1-2-10-8(5-7)3-4-15-10/h1-2,5H,3-4,6H2,(H,13,14). The van der Waals surface area contributed by atoms with E-state index in [0.29, 0.717) is 6.61 Å². The minimum Gasteiger partial charge on any atom is -0.493 e. The molecular weight excluding hydrogens is 196 g/mol. The molecule has 0 atom stereocenters. The molecule has 0 fully saturated rings. The fraction of sp³-hybridized carbons (Fsp3) is 0.273. The Hall–Kier alpha value is -1.84. The summed E-state index contributed by atoms with van der Waals surface area (Å²) in [5, 5.41) is 8.46. The van der Waals surface area contributed by atoms with Crippen molar-refractivity contribution in [2.75, 3.05) is 6.61 Å². The number of carbonyl (C=O) groups excluding carboxylic acids is 1. The van der Waals surface area contributed by atoms with E-state index in [9.17, 15) is 9.59 Å². The van der Waals surface area contributed by atoms with Crippen LogP contribution in [0, 0.1) is 0 Å². The van der Waals surface area contributed by atoms with Crippen LogP contribution >= 0.6 is 0 Å². The molecule has 0 spiro atoms. The van der Waals surface area contributed by atoms with Crippen molar-refractivity contribution < 1.29 is 19.4 Å². The Morgan fingerprint density at radius 2 is 2.20 bits per heavy atom. The minimum absolute atomic E-state index is 0.0530. The van der Waals surface area contributed by atoms with E-state index in [2.05, 4.69) is 0 Å². The largest absolute Gasteiger partial charge is 0.493 e. The summed E-state index contributed by atoms with van der Waals surface area (Å²) in [6.07, 6.45) is 0.771. The molecular formula is C11H10O4. The molecule has 2 rings (SSSR count). The summed E-state index contributed by atoms with van der Waals surface area (Å²) in [7, 11) is 0. The topological polar surface area (TPSA) is 63.6 Å². The van der Waals surface area contributed by atoms with Gasteiger partial charge in [0.2, 0.25) is 5.78 Å². The lowest BCUT2D eigenvalue weighted by atomic mass is 10.0. The molecule has 1 aromatic carbocycles. The summed E-state index contributed by atoms with van der Waals surface area (Å²) in [6, 6.07) is 5.35. The van der Waals surface area contributed by atoms with Crippen molar-refractivity contribution in [2.24, 2.45) is 0 Å². The highest BCUT2D eigenvalue weighted by molar-refractivity contribution is 6.33. The van der Waals surface area contributed by atoms with Gasteiger partial charge >= 0.3 is 5.97 Å². The van der Waals surface area contributed by atoms with Crippen LogP contribution in [-0.4, -0.2) is 23.5 Å². The van der Waals surface area contributed by atoms with Crippen LogP contribution in [0.2, 0.25) is 0 Å². The first kappa shape index (κ1) is 9.71. The van der Waals surface area contributed by atoms with Crippen molar-refractivity contribution in [3.63, 3.8) is 0 Å². The van der Waals surface area contributed by atoms with Crippen molar-refractivity contribution in [2.45, 2.75) is 12.8 Å². The molecule has 0 unspecified atom stereocenters. The third-order valence-corrected chi connectivity index (χ3v) is 2.36. The van der Waals surface area contributed by atoms with Crippen molar-refractivity contribution >= 4 is 11.8 Å². The number of hydrogen-bond acceptors (Lipinski definition) is 3. The first-order chi connectivity index (χ1) is 7.16. The molecule has 4 heteroatoms. The smallest absolute Gasteiger partial charge is 0.372 e. The SMILES string of the molecule is O=C(O)C(=O)Cc1ccc2c(c1)CCO2. The third kappa shape index (κ3) is 1.98. The van der Waals surface area contributed by atoms with E-state index >= 15 is 0 Å². The number of hydrogen-bond donors (Lipinski definition) is 1. The number of carboxylic acid groups (broad SMARTS) is 1. The van der Waals surface area contributed by atoms with Gasteiger partial charge in [-0.05, 0) is 17.2 Å². The maximum atomic E-state index is 11.0. The predicted octanol–water partition coefficient (Wildman–Crippen LogP) is 0.818. The van der Waals surface area contributed by atoms with Crippen LogP contribution in [0.1, 0.15) is 11.1 Å². The summed E-state index contributed by atoms with van der Waals surface area (Å²) in [5.41, 5.74) is 1.78. The van der Waals surface area contributed by atoms with Crippen LogP contribution in [0.3, 0.4) is 0 Å². The number of benzene rings is 1. The van der Waals surface area contributed by atoms with Gasteiger partial charge in [-0.3, -0.25) is 4.79 Å². The molecule has 0 aromatic heterocycles. The van der Waals surface area contributed by atoms with Gasteiger partial charge in [-0.25, -0.2) is 4.79 Å². The average molecular weight is 206 g/mol. The number of ketones is 1. The molecule has 4 nitrogen and oxygen atoms in total. The fourth-order valence-corrected chi connectivity index (χ4v) is 1.61. The van der Waals surface area contributed by atoms with Crippen LogP contribution in [0.15, 0.2) is 18.2 Å². The Balaban J connectivity index is 2.17. The highest BCUT2D eigenvalue weighted by Gasteiger charge is 2.15. The highest BCUT2D eigenvalue weighted by atomic mass is 16.5. The Morgan fingerprint density at radius 3 is 2.93 bits per heavy atom. The van der Waals surface area contributed by atoms with Crippen LogP contribution in [0.5, 0.6) is 5.75 Å². The van der Waals surface area contributed by atoms with Gasteiger partial charge in [-0.2, -0.15) is 0 Å². The minimum atomic E-state index is -1.38. The van der Waals surface area contributed by atoms with Gasteiger partial charge in [0.05, 0.1) is 6.61 Å². The summed E-state index contributed by atoms with van der Waals surface area (Å²) in [6.45, 7) is 0.658. The first-order valence-corrected chi connectivity index (χ1v) is 4.67. The molecule has 1 aromatic rings. The Morgan fingerprint density at radius 1 is 1.40 bits per heavy atom. The second kappa shape index (κ2) is 3.73. The van der Waals surface area contributed by atoms with Crippen LogP contribution in [0.25, 0.3) is 0 Å². The molecule has 0 bridgehead atoms. The Labute approximate surface area is 86.5 Å². The number of rotatable bonds is 3. The Bertz CT molecular complexity index is 423. The van der Waals surface area contributed by atoms with E-state index in [0.717, 1.165) is 23.3 Å². The van der Waals surface area contributed by atoms with Crippen molar-refractivity contribution in [1.82, 2.24) is 0 Å². The van der Waals surface area contributed by atoms with Crippen LogP contribution < -0.4 is 4.74 Å². The molecule has 0 amide bonds. The van der Waals surface area contributed by atoms with E-state index in [-0.39, 0.29) is 6.42 Å². The van der Waals surface area contributed by atoms with E-state index in [1.54, 1.807) is 12.1 Å². The van der Waals surface area contributed by atoms with Gasteiger partial charge in [0.15, 0.2) is 0 Å². The van der Waals surface area contributed by atoms with Crippen LogP contribution in [0.4, 0.5) is 0 Å². The number of carbonyl (C=O) groups is 2. The monoisotopic (exact) mass is 206 g/mol. The summed E-state index contributed by atoms with van der Waals surface area (Å²) >= 11 is 0. The van der Waals surface area contributed by atoms with Crippen LogP contribution in [-0.2, 0) is 22.4 Å². The molecule has 0 saturated carbocycles. The van der Waals surface area contributed by atoms with Gasteiger partial charge in [0, 0.05) is 12.8 Å². The van der Waals surface area contributed by atoms with Gasteiger partial charge in [-0.1, -0.05) is 12.1 Å². The van der Waals surface area contributed by atoms with Crippen molar-refractivity contribution in [3.05, 3.63) is 29.3 Å². The van der Waals surface area contributed by atoms with Crippen molar-refractivity contribution in [3.8, 4) is 5.75 Å². The van der Waals surface area contributed by atoms with Gasteiger partial charge in [0.25, 0.3) is 0 Å². The Kier molecular flexibility index (Phi) is 2.41. The number of fused-ring (bicyclic) bond motifs is 1. The highest BCUT2D eigenvalue weighted by Crippen LogP contribution is 2.25. The van der Waals surface area contributed by atoms with E-state index in [4.69, 9.17) is 9.84 Å². The predicted molar refractivity (Wildman–Crippen MR) is 52.0 cm³/mol. The maximum absolute atomic E-state index is 11.0. The number of Topliss-reactive ketones (excluding diaryl/α,β-unsaturated/α-hetero) is 1. The third-order valence-electron chi connectivity index (χ3n) is 2.36. The lowest BCUT2D eigenvalue weighted by Crippen LogP contribution is -2.15. The van der Waals surface area contributed by atoms with E-state index in [1.165, 1.54) is 0 Å². The molecule has 78 valence electrons. The lowest BCUT2D eigenvalue weighted by molar-refractivity contribution is -0.148. The summed E-state index contributed by atoms with van der Waals surface area (Å²) in [5.74, 6) is -1.33. The molecule has 1 aliphatic heterocycles. The normalized spacial score (nSPS) is 13.1. The van der Waals surface area contributed by atoms with Crippen molar-refractivity contribution in [1.29, 1.82) is 0 Å². The van der Waals surface area contributed by atoms with E-state index < -0.39 is 11.8 Å². The molecule has 1 N–H and O–H groups in total. The average Bonchev–Trinajstić information content (AvgIpc) is 2.64. The lowest BCUT2D eigenvalue weighted by Gasteiger charge is -2.01. The first-order valence-electron chi connectivity index (χ1n) is 4.67. The van der Waals surface area contributed by atoms with E-state index in [1.807, 2.05) is 6.07 Å². The molecule has 15 heavy (non-hydrogen) atoms. The molecule has 0 radical (unpaired) electrons. The summed E-state index contributed by atoms with van der Waals surface area (Å²) < 4.78 is 5.30. The number of aliphatic carboxylic acids is 1. The second-order valence-corrected chi connectivity index (χ2v) is 3.45. The van der Waals surface area contributed by atoms with Gasteiger partial charge in [-0.15, -0.1) is 0 Å². The molecule has 1 heterocycles.